The van der Waals surface area contributed by atoms with Gasteiger partial charge in [-0.2, -0.15) is 13.2 Å². The van der Waals surface area contributed by atoms with Gasteiger partial charge >= 0.3 is 11.9 Å². The van der Waals surface area contributed by atoms with E-state index >= 15 is 0 Å². The molecular formula is C25H28F3N5O2. The van der Waals surface area contributed by atoms with Crippen molar-refractivity contribution < 1.29 is 18.0 Å². The summed E-state index contributed by atoms with van der Waals surface area (Å²) in [6.45, 7) is 3.69. The summed E-state index contributed by atoms with van der Waals surface area (Å²) in [7, 11) is 0. The van der Waals surface area contributed by atoms with Crippen molar-refractivity contribution in [2.24, 2.45) is 5.92 Å². The molecule has 0 bridgehead atoms. The number of carbonyl (C=O) groups is 1. The van der Waals surface area contributed by atoms with Gasteiger partial charge in [0, 0.05) is 44.0 Å². The number of alkyl halides is 3. The van der Waals surface area contributed by atoms with Crippen LogP contribution in [0.5, 0.6) is 0 Å². The molecule has 2 aliphatic rings. The fourth-order valence-electron chi connectivity index (χ4n) is 5.36. The Balaban J connectivity index is 1.18. The van der Waals surface area contributed by atoms with Crippen molar-refractivity contribution in [3.63, 3.8) is 0 Å². The summed E-state index contributed by atoms with van der Waals surface area (Å²) in [5.74, 6) is 0.185. The molecular weight excluding hydrogens is 459 g/mol. The predicted molar refractivity (Wildman–Crippen MR) is 125 cm³/mol. The van der Waals surface area contributed by atoms with Crippen molar-refractivity contribution in [2.75, 3.05) is 26.2 Å². The summed E-state index contributed by atoms with van der Waals surface area (Å²) in [6.07, 6.45) is 1.97. The molecule has 0 unspecified atom stereocenters. The smallest absolute Gasteiger partial charge is 0.342 e. The van der Waals surface area contributed by atoms with Crippen LogP contribution in [0.15, 0.2) is 47.5 Å². The molecule has 0 radical (unpaired) electrons. The molecule has 7 nitrogen and oxygen atoms in total. The molecule has 0 atom stereocenters. The molecule has 2 fully saturated rings. The van der Waals surface area contributed by atoms with Crippen LogP contribution in [-0.2, 0) is 17.5 Å². The maximum atomic E-state index is 13.1. The van der Waals surface area contributed by atoms with Crippen LogP contribution < -0.4 is 5.69 Å². The highest BCUT2D eigenvalue weighted by Crippen LogP contribution is 2.32. The molecule has 0 spiro atoms. The third-order valence-electron chi connectivity index (χ3n) is 7.28. The lowest BCUT2D eigenvalue weighted by Crippen LogP contribution is -2.46. The van der Waals surface area contributed by atoms with E-state index < -0.39 is 17.4 Å². The zero-order valence-electron chi connectivity index (χ0n) is 19.3. The number of aromatic nitrogens is 3. The van der Waals surface area contributed by atoms with Gasteiger partial charge in [0.2, 0.25) is 5.91 Å². The first-order valence-electron chi connectivity index (χ1n) is 12.0. The summed E-state index contributed by atoms with van der Waals surface area (Å²) < 4.78 is 40.6. The number of fused-ring (bicyclic) bond motifs is 1. The molecule has 0 saturated carbocycles. The standard InChI is InChI=1S/C25H28F3N5O2/c26-25(27,28)19-1-2-22-21(15-19)30-24(35)33(22)20-7-13-32(14-8-20)23(34)18-5-11-31(12-6-18)16-17-3-9-29-10-4-17/h1-4,9-10,15,18,20H,5-8,11-14,16H2,(H,30,35). The van der Waals surface area contributed by atoms with E-state index in [-0.39, 0.29) is 23.4 Å². The van der Waals surface area contributed by atoms with Gasteiger partial charge in [0.25, 0.3) is 0 Å². The van der Waals surface area contributed by atoms with E-state index in [9.17, 15) is 22.8 Å². The van der Waals surface area contributed by atoms with Crippen molar-refractivity contribution >= 4 is 16.9 Å². The van der Waals surface area contributed by atoms with Gasteiger partial charge in [-0.1, -0.05) is 0 Å². The van der Waals surface area contributed by atoms with Crippen molar-refractivity contribution in [2.45, 2.75) is 44.4 Å². The zero-order chi connectivity index (χ0) is 24.6. The number of hydrogen-bond acceptors (Lipinski definition) is 4. The Morgan fingerprint density at radius 3 is 2.34 bits per heavy atom. The number of likely N-dealkylation sites (tertiary alicyclic amines) is 2. The summed E-state index contributed by atoms with van der Waals surface area (Å²) in [6, 6.07) is 7.21. The third kappa shape index (κ3) is 4.98. The highest BCUT2D eigenvalue weighted by molar-refractivity contribution is 5.79. The molecule has 2 aliphatic heterocycles. The van der Waals surface area contributed by atoms with Crippen molar-refractivity contribution in [1.82, 2.24) is 24.3 Å². The normalized spacial score (nSPS) is 18.9. The Kier molecular flexibility index (Phi) is 6.39. The number of nitrogens with zero attached hydrogens (tertiary/aromatic N) is 4. The molecule has 186 valence electrons. The molecule has 1 amide bonds. The number of rotatable bonds is 4. The van der Waals surface area contributed by atoms with E-state index in [4.69, 9.17) is 0 Å². The molecule has 5 rings (SSSR count). The Morgan fingerprint density at radius 2 is 1.69 bits per heavy atom. The van der Waals surface area contributed by atoms with Crippen LogP contribution in [0.3, 0.4) is 0 Å². The molecule has 10 heteroatoms. The van der Waals surface area contributed by atoms with E-state index in [2.05, 4.69) is 14.9 Å². The van der Waals surface area contributed by atoms with E-state index in [1.54, 1.807) is 17.0 Å². The van der Waals surface area contributed by atoms with Crippen LogP contribution in [0.1, 0.15) is 42.9 Å². The first kappa shape index (κ1) is 23.6. The van der Waals surface area contributed by atoms with Crippen LogP contribution in [0, 0.1) is 5.92 Å². The number of amides is 1. The maximum absolute atomic E-state index is 13.1. The maximum Gasteiger partial charge on any atom is 0.416 e. The number of carbonyl (C=O) groups excluding carboxylic acids is 1. The second kappa shape index (κ2) is 9.49. The summed E-state index contributed by atoms with van der Waals surface area (Å²) >= 11 is 0. The molecule has 1 N–H and O–H groups in total. The number of imidazole rings is 1. The van der Waals surface area contributed by atoms with E-state index in [0.29, 0.717) is 31.4 Å². The van der Waals surface area contributed by atoms with E-state index in [0.717, 1.165) is 44.6 Å². The minimum atomic E-state index is -4.46. The lowest BCUT2D eigenvalue weighted by Gasteiger charge is -2.37. The molecule has 4 heterocycles. The van der Waals surface area contributed by atoms with Crippen molar-refractivity contribution in [1.29, 1.82) is 0 Å². The van der Waals surface area contributed by atoms with Crippen LogP contribution in [-0.4, -0.2) is 56.4 Å². The lowest BCUT2D eigenvalue weighted by atomic mass is 9.93. The fraction of sp³-hybridized carbons (Fsp3) is 0.480. The van der Waals surface area contributed by atoms with Gasteiger partial charge in [-0.15, -0.1) is 0 Å². The number of pyridine rings is 1. The summed E-state index contributed by atoms with van der Waals surface area (Å²) in [5.41, 5.74) is 0.668. The van der Waals surface area contributed by atoms with Crippen LogP contribution in [0.2, 0.25) is 0 Å². The zero-order valence-corrected chi connectivity index (χ0v) is 19.3. The van der Waals surface area contributed by atoms with Crippen LogP contribution in [0.4, 0.5) is 13.2 Å². The van der Waals surface area contributed by atoms with Gasteiger partial charge in [0.05, 0.1) is 16.6 Å². The van der Waals surface area contributed by atoms with E-state index in [1.165, 1.54) is 11.6 Å². The van der Waals surface area contributed by atoms with Gasteiger partial charge in [0.1, 0.15) is 0 Å². The Morgan fingerprint density at radius 1 is 1.00 bits per heavy atom. The molecule has 35 heavy (non-hydrogen) atoms. The highest BCUT2D eigenvalue weighted by Gasteiger charge is 2.33. The van der Waals surface area contributed by atoms with Crippen molar-refractivity contribution in [3.05, 3.63) is 64.3 Å². The predicted octanol–water partition coefficient (Wildman–Crippen LogP) is 3.82. The summed E-state index contributed by atoms with van der Waals surface area (Å²) in [4.78, 5) is 36.6. The fourth-order valence-corrected chi connectivity index (χ4v) is 5.36. The minimum absolute atomic E-state index is 0.0110. The molecule has 2 saturated heterocycles. The van der Waals surface area contributed by atoms with Gasteiger partial charge in [-0.3, -0.25) is 19.2 Å². The topological polar surface area (TPSA) is 74.2 Å². The number of H-pyrrole nitrogens is 1. The first-order valence-corrected chi connectivity index (χ1v) is 12.0. The first-order chi connectivity index (χ1) is 16.8. The highest BCUT2D eigenvalue weighted by atomic mass is 19.4. The average Bonchev–Trinajstić information content (AvgIpc) is 3.19. The number of nitrogens with one attached hydrogen (secondary N) is 1. The Hall–Kier alpha value is -3.14. The monoisotopic (exact) mass is 487 g/mol. The lowest BCUT2D eigenvalue weighted by molar-refractivity contribution is -0.138. The second-order valence-corrected chi connectivity index (χ2v) is 9.49. The van der Waals surface area contributed by atoms with Gasteiger partial charge < -0.3 is 9.88 Å². The minimum Gasteiger partial charge on any atom is -0.342 e. The van der Waals surface area contributed by atoms with Crippen LogP contribution >= 0.6 is 0 Å². The SMILES string of the molecule is O=C(C1CCN(Cc2ccncc2)CC1)N1CCC(n2c(=O)[nH]c3cc(C(F)(F)F)ccc32)CC1. The van der Waals surface area contributed by atoms with Gasteiger partial charge in [-0.25, -0.2) is 4.79 Å². The second-order valence-electron chi connectivity index (χ2n) is 9.49. The van der Waals surface area contributed by atoms with Gasteiger partial charge in [0.15, 0.2) is 0 Å². The Bertz CT molecular complexity index is 1240. The van der Waals surface area contributed by atoms with Crippen LogP contribution in [0.25, 0.3) is 11.0 Å². The molecule has 2 aromatic heterocycles. The number of piperidine rings is 2. The molecule has 1 aromatic carbocycles. The van der Waals surface area contributed by atoms with Gasteiger partial charge in [-0.05, 0) is 74.7 Å². The largest absolute Gasteiger partial charge is 0.416 e. The number of hydrogen-bond donors (Lipinski definition) is 1. The number of halogens is 3. The number of benzene rings is 1. The average molecular weight is 488 g/mol. The quantitative estimate of drug-likeness (QED) is 0.607. The third-order valence-corrected chi connectivity index (χ3v) is 7.28. The van der Waals surface area contributed by atoms with E-state index in [1.807, 2.05) is 17.0 Å². The Labute approximate surface area is 200 Å². The molecule has 3 aromatic rings. The molecule has 0 aliphatic carbocycles. The van der Waals surface area contributed by atoms with Crippen molar-refractivity contribution in [3.8, 4) is 0 Å². The summed E-state index contributed by atoms with van der Waals surface area (Å²) in [5, 5.41) is 0. The number of aromatic amines is 1.